The summed E-state index contributed by atoms with van der Waals surface area (Å²) in [6.45, 7) is 0. The number of carbonyl (C=O) groups is 1. The van der Waals surface area contributed by atoms with E-state index in [9.17, 15) is 20.1 Å². The lowest BCUT2D eigenvalue weighted by molar-refractivity contribution is -0.147. The van der Waals surface area contributed by atoms with Crippen LogP contribution in [0.5, 0.6) is 5.75 Å². The summed E-state index contributed by atoms with van der Waals surface area (Å²) in [4.78, 5) is 13.0. The van der Waals surface area contributed by atoms with Crippen LogP contribution in [-0.4, -0.2) is 27.4 Å². The number of allylic oxidation sites excluding steroid dienone is 4. The minimum absolute atomic E-state index is 0.288. The quantitative estimate of drug-likeness (QED) is 0.199. The van der Waals surface area contributed by atoms with Gasteiger partial charge < -0.3 is 15.3 Å². The van der Waals surface area contributed by atoms with Gasteiger partial charge in [0.2, 0.25) is 0 Å². The predicted octanol–water partition coefficient (Wildman–Crippen LogP) is 9.04. The van der Waals surface area contributed by atoms with Crippen LogP contribution >= 0.6 is 0 Å². The van der Waals surface area contributed by atoms with Gasteiger partial charge in [-0.15, -0.1) is 0 Å². The standard InChI is InChI=1S/C40H52O4/c41-34-22-18-31(19-23-34)36-25-29-15-16-32-17-20-33-21-24-35(42)27-40(33,38(32)26-29)37(39(43)44)14-8-7-13-30(36)12-4-2-1-3-9-28-10-5-6-11-28/h5,7-8,10,15-16,18-19,22-23,26,28,30,33,35-37,41-42H,1-4,6,9,11-14,17,20-21,24-25,27H2,(H,43,44)/t28-,30-,33-,35+,36+,37+,40-/m0/s1. The number of benzene rings is 2. The Bertz CT molecular complexity index is 1330. The summed E-state index contributed by atoms with van der Waals surface area (Å²) in [5, 5.41) is 31.8. The van der Waals surface area contributed by atoms with E-state index in [-0.39, 0.29) is 5.92 Å². The molecule has 0 amide bonds. The first-order valence-electron chi connectivity index (χ1n) is 17.6. The summed E-state index contributed by atoms with van der Waals surface area (Å²) in [5.41, 5.74) is 4.48. The molecule has 4 heteroatoms. The Morgan fingerprint density at radius 2 is 1.66 bits per heavy atom. The van der Waals surface area contributed by atoms with Gasteiger partial charge in [0.05, 0.1) is 12.0 Å². The maximum atomic E-state index is 13.0. The van der Waals surface area contributed by atoms with Crippen molar-refractivity contribution in [2.75, 3.05) is 0 Å². The van der Waals surface area contributed by atoms with E-state index in [4.69, 9.17) is 0 Å². The van der Waals surface area contributed by atoms with Gasteiger partial charge in [-0.25, -0.2) is 0 Å². The molecule has 44 heavy (non-hydrogen) atoms. The fourth-order valence-electron chi connectivity index (χ4n) is 9.54. The van der Waals surface area contributed by atoms with E-state index in [1.807, 2.05) is 12.1 Å². The number of fused-ring (bicyclic) bond motifs is 1. The van der Waals surface area contributed by atoms with Crippen molar-refractivity contribution in [1.29, 1.82) is 0 Å². The number of aromatic hydroxyl groups is 1. The highest BCUT2D eigenvalue weighted by molar-refractivity contribution is 5.73. The molecule has 236 valence electrons. The highest BCUT2D eigenvalue weighted by Gasteiger charge is 2.54. The molecule has 1 saturated carbocycles. The van der Waals surface area contributed by atoms with Gasteiger partial charge in [-0.2, -0.15) is 0 Å². The zero-order valence-electron chi connectivity index (χ0n) is 26.4. The summed E-state index contributed by atoms with van der Waals surface area (Å²) in [7, 11) is 0. The predicted molar refractivity (Wildman–Crippen MR) is 177 cm³/mol. The van der Waals surface area contributed by atoms with Gasteiger partial charge in [0, 0.05) is 5.41 Å². The number of aliphatic carboxylic acids is 1. The lowest BCUT2D eigenvalue weighted by Crippen LogP contribution is -2.53. The van der Waals surface area contributed by atoms with E-state index < -0.39 is 23.4 Å². The Morgan fingerprint density at radius 1 is 0.864 bits per heavy atom. The molecule has 0 unspecified atom stereocenters. The molecule has 0 aromatic heterocycles. The molecule has 0 aliphatic heterocycles. The van der Waals surface area contributed by atoms with Crippen LogP contribution in [0.2, 0.25) is 0 Å². The summed E-state index contributed by atoms with van der Waals surface area (Å²) in [5.74, 6) is 0.866. The zero-order chi connectivity index (χ0) is 30.5. The van der Waals surface area contributed by atoms with Gasteiger partial charge in [-0.3, -0.25) is 4.79 Å². The number of carboxylic acids is 1. The number of aliphatic hydroxyl groups is 1. The molecule has 4 aliphatic rings. The van der Waals surface area contributed by atoms with Crippen LogP contribution in [0.3, 0.4) is 0 Å². The zero-order valence-corrected chi connectivity index (χ0v) is 26.4. The maximum absolute atomic E-state index is 13.0. The van der Waals surface area contributed by atoms with Crippen molar-refractivity contribution in [2.24, 2.45) is 23.7 Å². The monoisotopic (exact) mass is 596 g/mol. The number of unbranched alkanes of at least 4 members (excludes halogenated alkanes) is 3. The number of carboxylic acid groups (broad SMARTS) is 1. The van der Waals surface area contributed by atoms with Crippen LogP contribution in [0.4, 0.5) is 0 Å². The minimum Gasteiger partial charge on any atom is -0.508 e. The number of hydrogen-bond donors (Lipinski definition) is 3. The van der Waals surface area contributed by atoms with Gasteiger partial charge in [-0.05, 0) is 135 Å². The van der Waals surface area contributed by atoms with Gasteiger partial charge >= 0.3 is 5.97 Å². The van der Waals surface area contributed by atoms with Crippen molar-refractivity contribution in [2.45, 2.75) is 120 Å². The molecule has 2 aromatic rings. The van der Waals surface area contributed by atoms with Crippen LogP contribution in [0.25, 0.3) is 0 Å². The SMILES string of the molecule is O=C(O)[C@H]1CC=CC[C@H](CCCCCC[C@H]2C=CCC2)[C@H](c2ccc(O)cc2)Cc2ccc3c(c2)[C@]12C[C@H](O)CC[C@@H]2CC3. The van der Waals surface area contributed by atoms with Crippen LogP contribution in [0, 0.1) is 23.7 Å². The molecule has 2 bridgehead atoms. The smallest absolute Gasteiger partial charge is 0.307 e. The molecule has 6 rings (SSSR count). The molecule has 4 nitrogen and oxygen atoms in total. The Hall–Kier alpha value is -2.85. The highest BCUT2D eigenvalue weighted by atomic mass is 16.4. The van der Waals surface area contributed by atoms with E-state index >= 15 is 0 Å². The fourth-order valence-corrected chi connectivity index (χ4v) is 9.54. The number of rotatable bonds is 9. The van der Waals surface area contributed by atoms with E-state index in [0.717, 1.165) is 50.9 Å². The molecule has 0 saturated heterocycles. The fraction of sp³-hybridized carbons (Fsp3) is 0.575. The van der Waals surface area contributed by atoms with Crippen molar-refractivity contribution in [3.63, 3.8) is 0 Å². The molecular weight excluding hydrogens is 544 g/mol. The van der Waals surface area contributed by atoms with Crippen molar-refractivity contribution in [3.05, 3.63) is 89.0 Å². The molecule has 2 aromatic carbocycles. The second kappa shape index (κ2) is 14.1. The van der Waals surface area contributed by atoms with Crippen LogP contribution in [-0.2, 0) is 23.1 Å². The minimum atomic E-state index is -0.726. The van der Waals surface area contributed by atoms with Crippen molar-refractivity contribution < 1.29 is 20.1 Å². The van der Waals surface area contributed by atoms with Crippen molar-refractivity contribution in [3.8, 4) is 5.75 Å². The Kier molecular flexibility index (Phi) is 9.95. The van der Waals surface area contributed by atoms with E-state index in [1.54, 1.807) is 0 Å². The molecular formula is C40H52O4. The highest BCUT2D eigenvalue weighted by Crippen LogP contribution is 2.56. The maximum Gasteiger partial charge on any atom is 0.307 e. The second-order valence-corrected chi connectivity index (χ2v) is 14.5. The summed E-state index contributed by atoms with van der Waals surface area (Å²) < 4.78 is 0. The largest absolute Gasteiger partial charge is 0.508 e. The topological polar surface area (TPSA) is 77.8 Å². The molecule has 4 aliphatic carbocycles. The van der Waals surface area contributed by atoms with Gasteiger partial charge in [0.1, 0.15) is 5.75 Å². The molecule has 0 radical (unpaired) electrons. The van der Waals surface area contributed by atoms with Crippen molar-refractivity contribution >= 4 is 5.97 Å². The van der Waals surface area contributed by atoms with E-state index in [2.05, 4.69) is 54.6 Å². The molecule has 7 atom stereocenters. The third-order valence-corrected chi connectivity index (χ3v) is 11.8. The first-order valence-corrected chi connectivity index (χ1v) is 17.6. The number of phenolic OH excluding ortho intramolecular Hbond substituents is 1. The second-order valence-electron chi connectivity index (χ2n) is 14.5. The summed E-state index contributed by atoms with van der Waals surface area (Å²) in [6, 6.07) is 14.8. The Balaban J connectivity index is 1.30. The van der Waals surface area contributed by atoms with Gasteiger partial charge in [-0.1, -0.05) is 80.3 Å². The number of aryl methyl sites for hydroxylation is 1. The normalized spacial score (nSPS) is 31.6. The van der Waals surface area contributed by atoms with Gasteiger partial charge in [0.15, 0.2) is 0 Å². The molecule has 1 fully saturated rings. The average Bonchev–Trinajstić information content (AvgIpc) is 3.54. The Labute approximate surface area is 264 Å². The van der Waals surface area contributed by atoms with Crippen molar-refractivity contribution in [1.82, 2.24) is 0 Å². The van der Waals surface area contributed by atoms with Crippen LogP contribution in [0.1, 0.15) is 118 Å². The molecule has 0 heterocycles. The molecule has 3 N–H and O–H groups in total. The number of hydrogen-bond acceptors (Lipinski definition) is 3. The Morgan fingerprint density at radius 3 is 2.43 bits per heavy atom. The van der Waals surface area contributed by atoms with Gasteiger partial charge in [0.25, 0.3) is 0 Å². The lowest BCUT2D eigenvalue weighted by Gasteiger charge is -2.53. The first kappa shape index (κ1) is 31.1. The third kappa shape index (κ3) is 6.71. The lowest BCUT2D eigenvalue weighted by atomic mass is 9.51. The molecule has 1 spiro atoms. The first-order chi connectivity index (χ1) is 21.4. The summed E-state index contributed by atoms with van der Waals surface area (Å²) >= 11 is 0. The number of phenols is 1. The third-order valence-electron chi connectivity index (χ3n) is 11.8. The van der Waals surface area contributed by atoms with Crippen LogP contribution in [0.15, 0.2) is 66.8 Å². The van der Waals surface area contributed by atoms with E-state index in [0.29, 0.717) is 30.4 Å². The van der Waals surface area contributed by atoms with E-state index in [1.165, 1.54) is 67.2 Å². The summed E-state index contributed by atoms with van der Waals surface area (Å²) in [6.07, 6.45) is 25.3. The average molecular weight is 597 g/mol. The van der Waals surface area contributed by atoms with Crippen LogP contribution < -0.4 is 0 Å². The number of aliphatic hydroxyl groups excluding tert-OH is 1.